The van der Waals surface area contributed by atoms with E-state index in [1.54, 1.807) is 0 Å². The van der Waals surface area contributed by atoms with E-state index < -0.39 is 0 Å². The van der Waals surface area contributed by atoms with Crippen molar-refractivity contribution in [3.05, 3.63) is 29.3 Å². The molecular weight excluding hydrogens is 254 g/mol. The maximum Gasteiger partial charge on any atom is 0.0345 e. The van der Waals surface area contributed by atoms with Crippen molar-refractivity contribution in [3.63, 3.8) is 0 Å². The summed E-state index contributed by atoms with van der Waals surface area (Å²) in [6.07, 6.45) is 9.06. The van der Waals surface area contributed by atoms with Crippen molar-refractivity contribution in [2.45, 2.75) is 65.3 Å². The molecule has 0 aromatic heterocycles. The molecule has 114 valence electrons. The van der Waals surface area contributed by atoms with Crippen LogP contribution in [0.5, 0.6) is 0 Å². The second-order valence-corrected chi connectivity index (χ2v) is 8.44. The smallest absolute Gasteiger partial charge is 0.0345 e. The van der Waals surface area contributed by atoms with Crippen molar-refractivity contribution in [2.75, 3.05) is 5.32 Å². The number of benzene rings is 1. The third-order valence-electron chi connectivity index (χ3n) is 6.89. The zero-order valence-electron chi connectivity index (χ0n) is 13.8. The van der Waals surface area contributed by atoms with Gasteiger partial charge in [0.05, 0.1) is 0 Å². The van der Waals surface area contributed by atoms with E-state index >= 15 is 0 Å². The monoisotopic (exact) mass is 283 g/mol. The van der Waals surface area contributed by atoms with Crippen LogP contribution in [0.3, 0.4) is 0 Å². The fraction of sp³-hybridized carbons (Fsp3) is 0.700. The van der Waals surface area contributed by atoms with E-state index in [1.165, 1.54) is 55.3 Å². The van der Waals surface area contributed by atoms with Crippen LogP contribution in [0.1, 0.15) is 56.6 Å². The molecule has 1 heteroatoms. The van der Waals surface area contributed by atoms with Crippen LogP contribution < -0.4 is 5.32 Å². The van der Waals surface area contributed by atoms with Gasteiger partial charge in [-0.2, -0.15) is 0 Å². The lowest BCUT2D eigenvalue weighted by atomic mass is 9.48. The molecule has 1 aromatic rings. The predicted molar refractivity (Wildman–Crippen MR) is 89.6 cm³/mol. The van der Waals surface area contributed by atoms with Gasteiger partial charge in [-0.05, 0) is 106 Å². The Labute approximate surface area is 129 Å². The van der Waals surface area contributed by atoms with Crippen molar-refractivity contribution < 1.29 is 0 Å². The summed E-state index contributed by atoms with van der Waals surface area (Å²) in [6.45, 7) is 6.86. The average Bonchev–Trinajstić information content (AvgIpc) is 2.41. The molecule has 4 aliphatic rings. The highest BCUT2D eigenvalue weighted by molar-refractivity contribution is 5.49. The Morgan fingerprint density at radius 3 is 2.05 bits per heavy atom. The SMILES string of the molecule is Cc1ccc(NC(C)C23CC4CC(CC(C4)C2)C3)cc1C. The van der Waals surface area contributed by atoms with Crippen LogP contribution in [0.15, 0.2) is 18.2 Å². The van der Waals surface area contributed by atoms with E-state index in [9.17, 15) is 0 Å². The van der Waals surface area contributed by atoms with Crippen LogP contribution in [0.2, 0.25) is 0 Å². The third kappa shape index (κ3) is 2.29. The molecule has 1 aromatic carbocycles. The zero-order valence-corrected chi connectivity index (χ0v) is 13.8. The first kappa shape index (κ1) is 13.7. The van der Waals surface area contributed by atoms with Gasteiger partial charge in [-0.25, -0.2) is 0 Å². The molecule has 1 atom stereocenters. The first-order valence-electron chi connectivity index (χ1n) is 8.88. The van der Waals surface area contributed by atoms with Gasteiger partial charge in [-0.15, -0.1) is 0 Å². The van der Waals surface area contributed by atoms with Crippen molar-refractivity contribution >= 4 is 5.69 Å². The van der Waals surface area contributed by atoms with Gasteiger partial charge in [-0.1, -0.05) is 6.07 Å². The second kappa shape index (κ2) is 4.76. The van der Waals surface area contributed by atoms with Crippen LogP contribution in [-0.4, -0.2) is 6.04 Å². The minimum absolute atomic E-state index is 0.591. The molecule has 0 radical (unpaired) electrons. The van der Waals surface area contributed by atoms with Crippen molar-refractivity contribution in [3.8, 4) is 0 Å². The molecule has 0 heterocycles. The summed E-state index contributed by atoms with van der Waals surface area (Å²) in [6, 6.07) is 7.46. The maximum absolute atomic E-state index is 3.87. The number of hydrogen-bond donors (Lipinski definition) is 1. The summed E-state index contributed by atoms with van der Waals surface area (Å²) in [4.78, 5) is 0. The van der Waals surface area contributed by atoms with Crippen LogP contribution in [0.4, 0.5) is 5.69 Å². The lowest BCUT2D eigenvalue weighted by molar-refractivity contribution is -0.0602. The number of rotatable bonds is 3. The normalized spacial score (nSPS) is 38.5. The molecule has 4 bridgehead atoms. The summed E-state index contributed by atoms with van der Waals surface area (Å²) >= 11 is 0. The number of nitrogens with one attached hydrogen (secondary N) is 1. The second-order valence-electron chi connectivity index (χ2n) is 8.44. The molecule has 1 nitrogen and oxygen atoms in total. The molecule has 0 amide bonds. The Morgan fingerprint density at radius 2 is 1.52 bits per heavy atom. The number of anilines is 1. The minimum atomic E-state index is 0.591. The van der Waals surface area contributed by atoms with E-state index in [1.807, 2.05) is 0 Å². The van der Waals surface area contributed by atoms with E-state index in [2.05, 4.69) is 44.3 Å². The fourth-order valence-corrected chi connectivity index (χ4v) is 5.94. The molecule has 1 unspecified atom stereocenters. The van der Waals surface area contributed by atoms with Gasteiger partial charge in [0.15, 0.2) is 0 Å². The summed E-state index contributed by atoms with van der Waals surface area (Å²) < 4.78 is 0. The largest absolute Gasteiger partial charge is 0.382 e. The van der Waals surface area contributed by atoms with E-state index in [0.717, 1.165) is 17.8 Å². The molecule has 0 saturated heterocycles. The number of aryl methyl sites for hydroxylation is 2. The summed E-state index contributed by atoms with van der Waals surface area (Å²) in [5, 5.41) is 3.87. The van der Waals surface area contributed by atoms with Crippen LogP contribution in [0, 0.1) is 37.0 Å². The van der Waals surface area contributed by atoms with Gasteiger partial charge in [0, 0.05) is 11.7 Å². The standard InChI is InChI=1S/C20H29N/c1-13-4-5-19(6-14(13)2)21-15(3)20-10-16-7-17(11-20)9-18(8-16)12-20/h4-6,15-18,21H,7-12H2,1-3H3. The minimum Gasteiger partial charge on any atom is -0.382 e. The Hall–Kier alpha value is -0.980. The topological polar surface area (TPSA) is 12.0 Å². The lowest BCUT2D eigenvalue weighted by Gasteiger charge is -2.59. The first-order valence-corrected chi connectivity index (χ1v) is 8.88. The summed E-state index contributed by atoms with van der Waals surface area (Å²) in [5.41, 5.74) is 4.70. The zero-order chi connectivity index (χ0) is 14.6. The lowest BCUT2D eigenvalue weighted by Crippen LogP contribution is -2.52. The maximum atomic E-state index is 3.87. The highest BCUT2D eigenvalue weighted by atomic mass is 14.9. The molecule has 4 aliphatic carbocycles. The van der Waals surface area contributed by atoms with Crippen LogP contribution >= 0.6 is 0 Å². The molecule has 5 rings (SSSR count). The quantitative estimate of drug-likeness (QED) is 0.791. The summed E-state index contributed by atoms with van der Waals surface area (Å²) in [7, 11) is 0. The van der Waals surface area contributed by atoms with Gasteiger partial charge >= 0.3 is 0 Å². The van der Waals surface area contributed by atoms with E-state index in [4.69, 9.17) is 0 Å². The molecule has 0 aliphatic heterocycles. The Balaban J connectivity index is 1.54. The third-order valence-corrected chi connectivity index (χ3v) is 6.89. The number of hydrogen-bond acceptors (Lipinski definition) is 1. The fourth-order valence-electron chi connectivity index (χ4n) is 5.94. The molecule has 4 fully saturated rings. The first-order chi connectivity index (χ1) is 10.0. The molecule has 4 saturated carbocycles. The van der Waals surface area contributed by atoms with Gasteiger partial charge in [-0.3, -0.25) is 0 Å². The molecule has 0 spiro atoms. The Bertz CT molecular complexity index is 509. The van der Waals surface area contributed by atoms with Crippen molar-refractivity contribution in [1.82, 2.24) is 0 Å². The average molecular weight is 283 g/mol. The summed E-state index contributed by atoms with van der Waals surface area (Å²) in [5.74, 6) is 3.13. The van der Waals surface area contributed by atoms with Gasteiger partial charge in [0.2, 0.25) is 0 Å². The van der Waals surface area contributed by atoms with Gasteiger partial charge < -0.3 is 5.32 Å². The molecule has 21 heavy (non-hydrogen) atoms. The predicted octanol–water partition coefficient (Wildman–Crippen LogP) is 5.32. The van der Waals surface area contributed by atoms with E-state index in [-0.39, 0.29) is 0 Å². The molecular formula is C20H29N. The van der Waals surface area contributed by atoms with Crippen molar-refractivity contribution in [1.29, 1.82) is 0 Å². The van der Waals surface area contributed by atoms with E-state index in [0.29, 0.717) is 11.5 Å². The van der Waals surface area contributed by atoms with Crippen LogP contribution in [-0.2, 0) is 0 Å². The molecule has 1 N–H and O–H groups in total. The Morgan fingerprint density at radius 1 is 0.952 bits per heavy atom. The van der Waals surface area contributed by atoms with Gasteiger partial charge in [0.25, 0.3) is 0 Å². The Kier molecular flexibility index (Phi) is 3.10. The highest BCUT2D eigenvalue weighted by Crippen LogP contribution is 2.61. The highest BCUT2D eigenvalue weighted by Gasteiger charge is 2.53. The van der Waals surface area contributed by atoms with Gasteiger partial charge in [0.1, 0.15) is 0 Å². The van der Waals surface area contributed by atoms with Crippen LogP contribution in [0.25, 0.3) is 0 Å². The van der Waals surface area contributed by atoms with Crippen molar-refractivity contribution in [2.24, 2.45) is 23.2 Å².